The van der Waals surface area contributed by atoms with Crippen LogP contribution in [-0.2, 0) is 0 Å². The first-order valence-corrected chi connectivity index (χ1v) is 7.26. The summed E-state index contributed by atoms with van der Waals surface area (Å²) in [5, 5.41) is 19.8. The van der Waals surface area contributed by atoms with Crippen molar-refractivity contribution in [3.63, 3.8) is 0 Å². The quantitative estimate of drug-likeness (QED) is 0.524. The lowest BCUT2D eigenvalue weighted by molar-refractivity contribution is -0.384. The standard InChI is InChI=1S/C9H8N4O2S2.C2H6/c1-6-10-11-9(16-6)12-17-8-4-2-7(3-5-8)13(14)15;1-2/h2-5H,1H3,(H,11,12);1-2H3. The predicted octanol–water partition coefficient (Wildman–Crippen LogP) is 3.90. The van der Waals surface area contributed by atoms with Crippen LogP contribution in [0.4, 0.5) is 10.8 Å². The molecule has 1 aromatic heterocycles. The number of nitro groups is 1. The number of anilines is 1. The summed E-state index contributed by atoms with van der Waals surface area (Å²) in [5.41, 5.74) is 0.0844. The lowest BCUT2D eigenvalue weighted by Crippen LogP contribution is -1.88. The summed E-state index contributed by atoms with van der Waals surface area (Å²) < 4.78 is 3.02. The summed E-state index contributed by atoms with van der Waals surface area (Å²) in [6.07, 6.45) is 0. The van der Waals surface area contributed by atoms with E-state index in [-0.39, 0.29) is 5.69 Å². The van der Waals surface area contributed by atoms with E-state index in [0.717, 1.165) is 9.90 Å². The third-order valence-electron chi connectivity index (χ3n) is 1.83. The molecule has 0 fully saturated rings. The molecule has 1 aromatic carbocycles. The maximum absolute atomic E-state index is 10.5. The fourth-order valence-electron chi connectivity index (χ4n) is 1.08. The number of aromatic nitrogens is 2. The summed E-state index contributed by atoms with van der Waals surface area (Å²) in [4.78, 5) is 10.9. The Morgan fingerprint density at radius 1 is 1.26 bits per heavy atom. The van der Waals surface area contributed by atoms with Crippen molar-refractivity contribution in [2.45, 2.75) is 25.7 Å². The molecule has 2 rings (SSSR count). The van der Waals surface area contributed by atoms with Crippen LogP contribution in [0.25, 0.3) is 0 Å². The highest BCUT2D eigenvalue weighted by Gasteiger charge is 2.05. The number of non-ortho nitro benzene ring substituents is 1. The van der Waals surface area contributed by atoms with Crippen molar-refractivity contribution in [2.24, 2.45) is 0 Å². The average molecular weight is 298 g/mol. The van der Waals surface area contributed by atoms with Crippen molar-refractivity contribution in [1.29, 1.82) is 0 Å². The number of aryl methyl sites for hydroxylation is 1. The van der Waals surface area contributed by atoms with Crippen molar-refractivity contribution in [2.75, 3.05) is 4.72 Å². The zero-order chi connectivity index (χ0) is 14.3. The van der Waals surface area contributed by atoms with Gasteiger partial charge in [0.25, 0.3) is 5.69 Å². The molecule has 0 bridgehead atoms. The third kappa shape index (κ3) is 4.84. The number of rotatable bonds is 4. The summed E-state index contributed by atoms with van der Waals surface area (Å²) in [7, 11) is 0. The fraction of sp³-hybridized carbons (Fsp3) is 0.273. The highest BCUT2D eigenvalue weighted by atomic mass is 32.2. The SMILES string of the molecule is CC.Cc1nnc(NSc2ccc([N+](=O)[O-])cc2)s1. The van der Waals surface area contributed by atoms with Gasteiger partial charge in [-0.3, -0.25) is 10.1 Å². The molecule has 19 heavy (non-hydrogen) atoms. The van der Waals surface area contributed by atoms with Crippen molar-refractivity contribution >= 4 is 34.1 Å². The van der Waals surface area contributed by atoms with E-state index in [1.54, 1.807) is 12.1 Å². The van der Waals surface area contributed by atoms with Gasteiger partial charge in [0.05, 0.1) is 4.92 Å². The van der Waals surface area contributed by atoms with Crippen molar-refractivity contribution in [3.05, 3.63) is 39.4 Å². The van der Waals surface area contributed by atoms with Gasteiger partial charge in [0, 0.05) is 17.0 Å². The van der Waals surface area contributed by atoms with Crippen LogP contribution in [0.3, 0.4) is 0 Å². The van der Waals surface area contributed by atoms with Gasteiger partial charge in [0.1, 0.15) is 5.01 Å². The molecule has 8 heteroatoms. The van der Waals surface area contributed by atoms with Gasteiger partial charge >= 0.3 is 0 Å². The second-order valence-electron chi connectivity index (χ2n) is 3.08. The molecular formula is C11H14N4O2S2. The van der Waals surface area contributed by atoms with Crippen LogP contribution in [0.2, 0.25) is 0 Å². The molecular weight excluding hydrogens is 284 g/mol. The minimum absolute atomic E-state index is 0.0844. The van der Waals surface area contributed by atoms with Gasteiger partial charge in [0.15, 0.2) is 0 Å². The molecule has 102 valence electrons. The molecule has 1 heterocycles. The van der Waals surface area contributed by atoms with E-state index < -0.39 is 4.92 Å². The van der Waals surface area contributed by atoms with E-state index in [0.29, 0.717) is 5.13 Å². The zero-order valence-corrected chi connectivity index (χ0v) is 12.4. The van der Waals surface area contributed by atoms with Gasteiger partial charge in [-0.05, 0) is 31.0 Å². The van der Waals surface area contributed by atoms with Crippen LogP contribution in [0.5, 0.6) is 0 Å². The molecule has 1 N–H and O–H groups in total. The Bertz CT molecular complexity index is 528. The maximum atomic E-state index is 10.5. The van der Waals surface area contributed by atoms with Gasteiger partial charge in [0.2, 0.25) is 5.13 Å². The third-order valence-corrected chi connectivity index (χ3v) is 3.52. The van der Waals surface area contributed by atoms with E-state index in [4.69, 9.17) is 0 Å². The van der Waals surface area contributed by atoms with Crippen molar-refractivity contribution in [1.82, 2.24) is 10.2 Å². The molecule has 0 spiro atoms. The van der Waals surface area contributed by atoms with Crippen LogP contribution in [0.1, 0.15) is 18.9 Å². The Morgan fingerprint density at radius 3 is 2.37 bits per heavy atom. The molecule has 0 aliphatic heterocycles. The predicted molar refractivity (Wildman–Crippen MR) is 78.6 cm³/mol. The average Bonchev–Trinajstić information content (AvgIpc) is 2.85. The largest absolute Gasteiger partial charge is 0.300 e. The molecule has 0 unspecified atom stereocenters. The van der Waals surface area contributed by atoms with Crippen molar-refractivity contribution < 1.29 is 4.92 Å². The van der Waals surface area contributed by atoms with Crippen LogP contribution in [-0.4, -0.2) is 15.1 Å². The van der Waals surface area contributed by atoms with Crippen molar-refractivity contribution in [3.8, 4) is 0 Å². The Labute approximate surface area is 119 Å². The maximum Gasteiger partial charge on any atom is 0.269 e. The van der Waals surface area contributed by atoms with Crippen LogP contribution >= 0.6 is 23.3 Å². The number of benzene rings is 1. The van der Waals surface area contributed by atoms with Gasteiger partial charge in [-0.15, -0.1) is 10.2 Å². The second-order valence-corrected chi connectivity index (χ2v) is 5.14. The monoisotopic (exact) mass is 298 g/mol. The van der Waals surface area contributed by atoms with Gasteiger partial charge < -0.3 is 4.72 Å². The second kappa shape index (κ2) is 7.70. The topological polar surface area (TPSA) is 81.0 Å². The molecule has 0 saturated heterocycles. The summed E-state index contributed by atoms with van der Waals surface area (Å²) in [5.74, 6) is 0. The number of hydrogen-bond donors (Lipinski definition) is 1. The highest BCUT2D eigenvalue weighted by molar-refractivity contribution is 8.00. The van der Waals surface area contributed by atoms with Crippen LogP contribution < -0.4 is 4.72 Å². The molecule has 0 saturated carbocycles. The number of nitrogens with zero attached hydrogens (tertiary/aromatic N) is 3. The van der Waals surface area contributed by atoms with Gasteiger partial charge in [-0.1, -0.05) is 25.2 Å². The van der Waals surface area contributed by atoms with Crippen LogP contribution in [0.15, 0.2) is 29.2 Å². The first-order chi connectivity index (χ1) is 9.15. The minimum atomic E-state index is -0.421. The molecule has 0 atom stereocenters. The van der Waals surface area contributed by atoms with E-state index >= 15 is 0 Å². The molecule has 0 radical (unpaired) electrons. The van der Waals surface area contributed by atoms with E-state index in [1.807, 2.05) is 20.8 Å². The number of nitro benzene ring substituents is 1. The Kier molecular flexibility index (Phi) is 6.23. The number of hydrogen-bond acceptors (Lipinski definition) is 7. The van der Waals surface area contributed by atoms with E-state index in [9.17, 15) is 10.1 Å². The molecule has 0 aliphatic carbocycles. The summed E-state index contributed by atoms with van der Waals surface area (Å²) in [6.45, 7) is 5.87. The Morgan fingerprint density at radius 2 is 1.89 bits per heavy atom. The highest BCUT2D eigenvalue weighted by Crippen LogP contribution is 2.24. The Hall–Kier alpha value is -1.67. The minimum Gasteiger partial charge on any atom is -0.300 e. The molecule has 2 aromatic rings. The summed E-state index contributed by atoms with van der Waals surface area (Å²) in [6, 6.07) is 6.30. The molecule has 6 nitrogen and oxygen atoms in total. The smallest absolute Gasteiger partial charge is 0.269 e. The van der Waals surface area contributed by atoms with E-state index in [2.05, 4.69) is 14.9 Å². The van der Waals surface area contributed by atoms with Crippen LogP contribution in [0, 0.1) is 17.0 Å². The lowest BCUT2D eigenvalue weighted by atomic mass is 10.3. The first-order valence-electron chi connectivity index (χ1n) is 5.62. The molecule has 0 aliphatic rings. The first kappa shape index (κ1) is 15.4. The normalized spacial score (nSPS) is 9.42. The number of nitrogens with one attached hydrogen (secondary N) is 1. The van der Waals surface area contributed by atoms with Gasteiger partial charge in [-0.2, -0.15) is 0 Å². The zero-order valence-electron chi connectivity index (χ0n) is 10.8. The fourth-order valence-corrected chi connectivity index (χ4v) is 2.33. The lowest BCUT2D eigenvalue weighted by Gasteiger charge is -2.00. The van der Waals surface area contributed by atoms with E-state index in [1.165, 1.54) is 35.4 Å². The van der Waals surface area contributed by atoms with Gasteiger partial charge in [-0.25, -0.2) is 0 Å². The Balaban J connectivity index is 0.000000861. The molecule has 0 amide bonds. The summed E-state index contributed by atoms with van der Waals surface area (Å²) >= 11 is 2.80.